The van der Waals surface area contributed by atoms with Crippen LogP contribution in [0.15, 0.2) is 42.6 Å². The van der Waals surface area contributed by atoms with Crippen molar-refractivity contribution < 1.29 is 4.79 Å². The summed E-state index contributed by atoms with van der Waals surface area (Å²) in [6.45, 7) is 5.85. The second-order valence-electron chi connectivity index (χ2n) is 7.01. The third kappa shape index (κ3) is 4.02. The monoisotopic (exact) mass is 348 g/mol. The second-order valence-corrected chi connectivity index (χ2v) is 7.01. The van der Waals surface area contributed by atoms with Gasteiger partial charge in [0.05, 0.1) is 5.56 Å². The number of amides is 1. The fraction of sp³-hybridized carbons (Fsp3) is 0.381. The van der Waals surface area contributed by atoms with E-state index in [0.29, 0.717) is 11.5 Å². The number of nitrogens with zero attached hydrogens (tertiary/aromatic N) is 3. The van der Waals surface area contributed by atoms with Crippen LogP contribution in [0.25, 0.3) is 0 Å². The summed E-state index contributed by atoms with van der Waals surface area (Å²) in [6, 6.07) is 13.7. The van der Waals surface area contributed by atoms with Gasteiger partial charge in [-0.2, -0.15) is 5.26 Å². The van der Waals surface area contributed by atoms with Gasteiger partial charge in [0.1, 0.15) is 11.9 Å². The SMILES string of the molecule is CC(C)c1ccccc1NC(=O)C1CCN(c2ccc(C#N)cn2)CC1. The molecular formula is C21H24N4O. The molecule has 2 aromatic rings. The molecule has 1 aromatic heterocycles. The Hall–Kier alpha value is -2.87. The lowest BCUT2D eigenvalue weighted by atomic mass is 9.95. The highest BCUT2D eigenvalue weighted by Crippen LogP contribution is 2.27. The maximum Gasteiger partial charge on any atom is 0.227 e. The first-order valence-corrected chi connectivity index (χ1v) is 9.09. The zero-order chi connectivity index (χ0) is 18.5. The molecule has 2 heterocycles. The minimum absolute atomic E-state index is 0.0184. The Kier molecular flexibility index (Phi) is 5.52. The van der Waals surface area contributed by atoms with E-state index in [4.69, 9.17) is 5.26 Å². The molecule has 0 atom stereocenters. The van der Waals surface area contributed by atoms with Gasteiger partial charge in [-0.05, 0) is 42.5 Å². The third-order valence-electron chi connectivity index (χ3n) is 4.91. The van der Waals surface area contributed by atoms with Crippen LogP contribution in [0.1, 0.15) is 43.7 Å². The molecule has 0 saturated carbocycles. The minimum Gasteiger partial charge on any atom is -0.357 e. The van der Waals surface area contributed by atoms with Crippen molar-refractivity contribution in [2.75, 3.05) is 23.3 Å². The lowest BCUT2D eigenvalue weighted by Crippen LogP contribution is -2.38. The highest BCUT2D eigenvalue weighted by atomic mass is 16.1. The average Bonchev–Trinajstić information content (AvgIpc) is 2.68. The minimum atomic E-state index is 0.0184. The maximum absolute atomic E-state index is 12.7. The highest BCUT2D eigenvalue weighted by molar-refractivity contribution is 5.93. The lowest BCUT2D eigenvalue weighted by Gasteiger charge is -2.32. The van der Waals surface area contributed by atoms with E-state index in [0.717, 1.165) is 37.4 Å². The van der Waals surface area contributed by atoms with E-state index in [1.807, 2.05) is 24.3 Å². The van der Waals surface area contributed by atoms with E-state index in [1.54, 1.807) is 12.3 Å². The molecule has 134 valence electrons. The van der Waals surface area contributed by atoms with Crippen molar-refractivity contribution >= 4 is 17.4 Å². The molecule has 1 fully saturated rings. The molecule has 1 aromatic carbocycles. The molecule has 3 rings (SSSR count). The molecule has 0 bridgehead atoms. The maximum atomic E-state index is 12.7. The zero-order valence-corrected chi connectivity index (χ0v) is 15.3. The van der Waals surface area contributed by atoms with Crippen molar-refractivity contribution in [3.05, 3.63) is 53.7 Å². The van der Waals surface area contributed by atoms with Crippen LogP contribution in [0.2, 0.25) is 0 Å². The van der Waals surface area contributed by atoms with E-state index in [9.17, 15) is 4.79 Å². The molecule has 5 heteroatoms. The second kappa shape index (κ2) is 8.01. The van der Waals surface area contributed by atoms with E-state index < -0.39 is 0 Å². The van der Waals surface area contributed by atoms with Crippen LogP contribution >= 0.6 is 0 Å². The summed E-state index contributed by atoms with van der Waals surface area (Å²) in [5.74, 6) is 1.36. The topological polar surface area (TPSA) is 69.0 Å². The summed E-state index contributed by atoms with van der Waals surface area (Å²) in [5.41, 5.74) is 2.65. The Labute approximate surface area is 154 Å². The summed E-state index contributed by atoms with van der Waals surface area (Å²) >= 11 is 0. The first kappa shape index (κ1) is 17.9. The number of aromatic nitrogens is 1. The van der Waals surface area contributed by atoms with E-state index in [1.165, 1.54) is 5.56 Å². The number of carbonyl (C=O) groups is 1. The highest BCUT2D eigenvalue weighted by Gasteiger charge is 2.26. The number of nitriles is 1. The van der Waals surface area contributed by atoms with Crippen molar-refractivity contribution in [3.63, 3.8) is 0 Å². The number of anilines is 2. The van der Waals surface area contributed by atoms with Gasteiger partial charge in [-0.3, -0.25) is 4.79 Å². The summed E-state index contributed by atoms with van der Waals surface area (Å²) in [5, 5.41) is 12.0. The smallest absolute Gasteiger partial charge is 0.227 e. The van der Waals surface area contributed by atoms with Gasteiger partial charge >= 0.3 is 0 Å². The first-order chi connectivity index (χ1) is 12.6. The molecule has 1 aliphatic heterocycles. The van der Waals surface area contributed by atoms with E-state index >= 15 is 0 Å². The number of piperidine rings is 1. The predicted molar refractivity (Wildman–Crippen MR) is 103 cm³/mol. The number of nitrogens with one attached hydrogen (secondary N) is 1. The Morgan fingerprint density at radius 3 is 2.58 bits per heavy atom. The molecule has 5 nitrogen and oxygen atoms in total. The van der Waals surface area contributed by atoms with E-state index in [-0.39, 0.29) is 11.8 Å². The fourth-order valence-corrected chi connectivity index (χ4v) is 3.36. The Bertz CT molecular complexity index is 800. The molecule has 0 unspecified atom stereocenters. The summed E-state index contributed by atoms with van der Waals surface area (Å²) < 4.78 is 0. The molecule has 1 saturated heterocycles. The van der Waals surface area contributed by atoms with Crippen molar-refractivity contribution in [1.29, 1.82) is 5.26 Å². The van der Waals surface area contributed by atoms with Gasteiger partial charge in [0.25, 0.3) is 0 Å². The van der Waals surface area contributed by atoms with Gasteiger partial charge in [0.15, 0.2) is 0 Å². The number of carbonyl (C=O) groups excluding carboxylic acids is 1. The first-order valence-electron chi connectivity index (χ1n) is 9.09. The quantitative estimate of drug-likeness (QED) is 0.909. The van der Waals surface area contributed by atoms with Crippen LogP contribution in [0.5, 0.6) is 0 Å². The number of hydrogen-bond donors (Lipinski definition) is 1. The van der Waals surface area contributed by atoms with Gasteiger partial charge in [0.2, 0.25) is 5.91 Å². The van der Waals surface area contributed by atoms with Crippen LogP contribution in [-0.2, 0) is 4.79 Å². The van der Waals surface area contributed by atoms with Crippen LogP contribution in [0.4, 0.5) is 11.5 Å². The molecular weight excluding hydrogens is 324 g/mol. The molecule has 1 aliphatic rings. The summed E-state index contributed by atoms with van der Waals surface area (Å²) in [6.07, 6.45) is 3.20. The van der Waals surface area contributed by atoms with Gasteiger partial charge in [-0.15, -0.1) is 0 Å². The summed E-state index contributed by atoms with van der Waals surface area (Å²) in [7, 11) is 0. The largest absolute Gasteiger partial charge is 0.357 e. The van der Waals surface area contributed by atoms with Crippen molar-refractivity contribution in [3.8, 4) is 6.07 Å². The number of para-hydroxylation sites is 1. The third-order valence-corrected chi connectivity index (χ3v) is 4.91. The van der Waals surface area contributed by atoms with Gasteiger partial charge in [0, 0.05) is 30.9 Å². The lowest BCUT2D eigenvalue weighted by molar-refractivity contribution is -0.120. The Morgan fingerprint density at radius 2 is 1.96 bits per heavy atom. The molecule has 1 N–H and O–H groups in total. The number of pyridine rings is 1. The predicted octanol–water partition coefficient (Wildman–Crippen LogP) is 3.93. The molecule has 0 radical (unpaired) electrons. The normalized spacial score (nSPS) is 14.9. The van der Waals surface area contributed by atoms with Crippen molar-refractivity contribution in [2.45, 2.75) is 32.6 Å². The van der Waals surface area contributed by atoms with Crippen LogP contribution in [0.3, 0.4) is 0 Å². The van der Waals surface area contributed by atoms with Crippen LogP contribution in [0, 0.1) is 17.2 Å². The van der Waals surface area contributed by atoms with Crippen LogP contribution in [-0.4, -0.2) is 24.0 Å². The Morgan fingerprint density at radius 1 is 1.23 bits per heavy atom. The number of rotatable bonds is 4. The van der Waals surface area contributed by atoms with E-state index in [2.05, 4.69) is 41.2 Å². The molecule has 1 amide bonds. The molecule has 26 heavy (non-hydrogen) atoms. The number of hydrogen-bond acceptors (Lipinski definition) is 4. The Balaban J connectivity index is 1.59. The fourth-order valence-electron chi connectivity index (χ4n) is 3.36. The average molecular weight is 348 g/mol. The van der Waals surface area contributed by atoms with Gasteiger partial charge in [-0.1, -0.05) is 32.0 Å². The standard InChI is InChI=1S/C21H24N4O/c1-15(2)18-5-3-4-6-19(18)24-21(26)17-9-11-25(12-10-17)20-8-7-16(13-22)14-23-20/h3-8,14-15,17H,9-12H2,1-2H3,(H,24,26). The zero-order valence-electron chi connectivity index (χ0n) is 15.3. The van der Waals surface area contributed by atoms with Gasteiger partial charge in [-0.25, -0.2) is 4.98 Å². The summed E-state index contributed by atoms with van der Waals surface area (Å²) in [4.78, 5) is 19.2. The van der Waals surface area contributed by atoms with Crippen LogP contribution < -0.4 is 10.2 Å². The van der Waals surface area contributed by atoms with Crippen molar-refractivity contribution in [2.24, 2.45) is 5.92 Å². The molecule has 0 aliphatic carbocycles. The number of benzene rings is 1. The van der Waals surface area contributed by atoms with Crippen molar-refractivity contribution in [1.82, 2.24) is 4.98 Å². The van der Waals surface area contributed by atoms with Gasteiger partial charge < -0.3 is 10.2 Å². The molecule has 0 spiro atoms.